The van der Waals surface area contributed by atoms with Gasteiger partial charge in [-0.1, -0.05) is 6.07 Å². The lowest BCUT2D eigenvalue weighted by molar-refractivity contribution is 0.0963. The number of nitrogens with zero attached hydrogens (tertiary/aromatic N) is 4. The fraction of sp³-hybridized carbons (Fsp3) is 0.346. The molecule has 0 aliphatic carbocycles. The fourth-order valence-corrected chi connectivity index (χ4v) is 3.84. The Balaban J connectivity index is 1.52. The van der Waals surface area contributed by atoms with Crippen molar-refractivity contribution in [3.05, 3.63) is 60.3 Å². The van der Waals surface area contributed by atoms with Crippen molar-refractivity contribution in [2.24, 2.45) is 0 Å². The number of nitrogens with one attached hydrogen (secondary N) is 3. The van der Waals surface area contributed by atoms with Gasteiger partial charge in [-0.15, -0.1) is 0 Å². The number of piperazine rings is 1. The zero-order valence-electron chi connectivity index (χ0n) is 20.7. The van der Waals surface area contributed by atoms with Crippen molar-refractivity contribution in [2.45, 2.75) is 20.0 Å². The Hall–Kier alpha value is -3.85. The molecule has 1 aliphatic heterocycles. The van der Waals surface area contributed by atoms with Crippen molar-refractivity contribution in [3.63, 3.8) is 0 Å². The van der Waals surface area contributed by atoms with Gasteiger partial charge in [0.1, 0.15) is 17.1 Å². The number of amides is 1. The molecule has 2 aromatic carbocycles. The van der Waals surface area contributed by atoms with Gasteiger partial charge in [-0.3, -0.25) is 4.79 Å². The van der Waals surface area contributed by atoms with Gasteiger partial charge in [-0.05, 0) is 57.3 Å². The third-order valence-corrected chi connectivity index (χ3v) is 5.72. The number of ether oxygens (including phenoxy) is 1. The van der Waals surface area contributed by atoms with Crippen LogP contribution in [-0.2, 0) is 0 Å². The monoisotopic (exact) mass is 475 g/mol. The summed E-state index contributed by atoms with van der Waals surface area (Å²) in [5, 5.41) is 9.13. The van der Waals surface area contributed by atoms with Gasteiger partial charge in [0.25, 0.3) is 5.91 Å². The SMILES string of the molecule is CNC(=O)c1cnc(Nc2ccc(N3CCN(C)CC3)cc2)nc1Nc1cccc(OC(C)C)c1. The number of rotatable bonds is 8. The number of hydrogen-bond acceptors (Lipinski definition) is 8. The van der Waals surface area contributed by atoms with Crippen LogP contribution in [0.3, 0.4) is 0 Å². The number of carbonyl (C=O) groups excluding carboxylic acids is 1. The summed E-state index contributed by atoms with van der Waals surface area (Å²) in [6.07, 6.45) is 1.58. The van der Waals surface area contributed by atoms with Crippen LogP contribution in [-0.4, -0.2) is 67.2 Å². The van der Waals surface area contributed by atoms with Gasteiger partial charge in [-0.25, -0.2) is 4.98 Å². The van der Waals surface area contributed by atoms with Crippen molar-refractivity contribution < 1.29 is 9.53 Å². The normalized spacial score (nSPS) is 14.0. The number of anilines is 5. The van der Waals surface area contributed by atoms with Crippen molar-refractivity contribution in [3.8, 4) is 5.75 Å². The van der Waals surface area contributed by atoms with Crippen LogP contribution in [0, 0.1) is 0 Å². The van der Waals surface area contributed by atoms with Gasteiger partial charge < -0.3 is 30.5 Å². The van der Waals surface area contributed by atoms with Gasteiger partial charge in [0.05, 0.1) is 6.10 Å². The highest BCUT2D eigenvalue weighted by molar-refractivity contribution is 5.99. The van der Waals surface area contributed by atoms with Crippen molar-refractivity contribution in [1.29, 1.82) is 0 Å². The second-order valence-corrected chi connectivity index (χ2v) is 8.82. The average Bonchev–Trinajstić information content (AvgIpc) is 2.85. The van der Waals surface area contributed by atoms with Gasteiger partial charge in [0.2, 0.25) is 5.95 Å². The van der Waals surface area contributed by atoms with E-state index in [1.807, 2.05) is 50.2 Å². The summed E-state index contributed by atoms with van der Waals surface area (Å²) < 4.78 is 5.78. The Morgan fingerprint density at radius 2 is 1.74 bits per heavy atom. The zero-order chi connectivity index (χ0) is 24.8. The summed E-state index contributed by atoms with van der Waals surface area (Å²) in [6.45, 7) is 8.12. The molecular weight excluding hydrogens is 442 g/mol. The summed E-state index contributed by atoms with van der Waals surface area (Å²) >= 11 is 0. The van der Waals surface area contributed by atoms with Crippen LogP contribution >= 0.6 is 0 Å². The largest absolute Gasteiger partial charge is 0.491 e. The first-order chi connectivity index (χ1) is 16.9. The first-order valence-corrected chi connectivity index (χ1v) is 11.8. The molecule has 0 bridgehead atoms. The zero-order valence-corrected chi connectivity index (χ0v) is 20.7. The number of hydrogen-bond donors (Lipinski definition) is 3. The molecule has 2 heterocycles. The molecule has 9 nitrogen and oxygen atoms in total. The Labute approximate surface area is 206 Å². The lowest BCUT2D eigenvalue weighted by Gasteiger charge is -2.34. The van der Waals surface area contributed by atoms with Crippen LogP contribution in [0.1, 0.15) is 24.2 Å². The molecule has 1 amide bonds. The van der Waals surface area contributed by atoms with Crippen LogP contribution in [0.5, 0.6) is 5.75 Å². The highest BCUT2D eigenvalue weighted by atomic mass is 16.5. The minimum Gasteiger partial charge on any atom is -0.491 e. The Morgan fingerprint density at radius 1 is 1.00 bits per heavy atom. The van der Waals surface area contributed by atoms with E-state index >= 15 is 0 Å². The summed E-state index contributed by atoms with van der Waals surface area (Å²) in [5.41, 5.74) is 3.17. The van der Waals surface area contributed by atoms with E-state index in [4.69, 9.17) is 4.74 Å². The number of likely N-dealkylation sites (N-methyl/N-ethyl adjacent to an activating group) is 1. The van der Waals surface area contributed by atoms with Gasteiger partial charge in [0.15, 0.2) is 0 Å². The van der Waals surface area contributed by atoms with Crippen molar-refractivity contribution in [1.82, 2.24) is 20.2 Å². The predicted octanol–water partition coefficient (Wildman–Crippen LogP) is 3.86. The van der Waals surface area contributed by atoms with E-state index in [1.54, 1.807) is 7.05 Å². The molecule has 0 atom stereocenters. The minimum absolute atomic E-state index is 0.0594. The summed E-state index contributed by atoms with van der Waals surface area (Å²) in [7, 11) is 3.73. The van der Waals surface area contributed by atoms with Crippen LogP contribution in [0.2, 0.25) is 0 Å². The number of aromatic nitrogens is 2. The number of benzene rings is 2. The van der Waals surface area contributed by atoms with Crippen molar-refractivity contribution >= 4 is 34.7 Å². The molecule has 9 heteroatoms. The lowest BCUT2D eigenvalue weighted by atomic mass is 10.2. The average molecular weight is 476 g/mol. The quantitative estimate of drug-likeness (QED) is 0.452. The first kappa shape index (κ1) is 24.3. The van der Waals surface area contributed by atoms with E-state index < -0.39 is 0 Å². The fourth-order valence-electron chi connectivity index (χ4n) is 3.84. The standard InChI is InChI=1S/C26H33N7O2/c1-18(2)35-22-7-5-6-20(16-22)29-24-23(25(34)27-3)17-28-26(31-24)30-19-8-10-21(11-9-19)33-14-12-32(4)13-15-33/h5-11,16-18H,12-15H2,1-4H3,(H,27,34)(H2,28,29,30,31). The first-order valence-electron chi connectivity index (χ1n) is 11.8. The lowest BCUT2D eigenvalue weighted by Crippen LogP contribution is -2.44. The second kappa shape index (κ2) is 11.1. The van der Waals surface area contributed by atoms with E-state index in [1.165, 1.54) is 11.9 Å². The third kappa shape index (κ3) is 6.39. The Bertz CT molecular complexity index is 1140. The molecular formula is C26H33N7O2. The van der Waals surface area contributed by atoms with Gasteiger partial charge in [-0.2, -0.15) is 4.98 Å². The number of carbonyl (C=O) groups is 1. The maximum atomic E-state index is 12.4. The van der Waals surface area contributed by atoms with E-state index in [0.717, 1.165) is 43.3 Å². The van der Waals surface area contributed by atoms with Crippen LogP contribution in [0.15, 0.2) is 54.7 Å². The van der Waals surface area contributed by atoms with E-state index in [9.17, 15) is 4.79 Å². The van der Waals surface area contributed by atoms with E-state index in [0.29, 0.717) is 17.3 Å². The topological polar surface area (TPSA) is 94.7 Å². The maximum absolute atomic E-state index is 12.4. The molecule has 35 heavy (non-hydrogen) atoms. The molecule has 1 aromatic heterocycles. The van der Waals surface area contributed by atoms with Gasteiger partial charge >= 0.3 is 0 Å². The molecule has 4 rings (SSSR count). The highest BCUT2D eigenvalue weighted by Gasteiger charge is 2.16. The highest BCUT2D eigenvalue weighted by Crippen LogP contribution is 2.26. The second-order valence-electron chi connectivity index (χ2n) is 8.82. The molecule has 0 spiro atoms. The molecule has 1 aliphatic rings. The molecule has 184 valence electrons. The Kier molecular flexibility index (Phi) is 7.67. The molecule has 3 aromatic rings. The predicted molar refractivity (Wildman–Crippen MR) is 140 cm³/mol. The van der Waals surface area contributed by atoms with Crippen LogP contribution < -0.4 is 25.6 Å². The Morgan fingerprint density at radius 3 is 2.43 bits per heavy atom. The molecule has 3 N–H and O–H groups in total. The molecule has 1 fully saturated rings. The minimum atomic E-state index is -0.273. The smallest absolute Gasteiger partial charge is 0.256 e. The van der Waals surface area contributed by atoms with E-state index in [2.05, 4.69) is 54.9 Å². The summed E-state index contributed by atoms with van der Waals surface area (Å²) in [4.78, 5) is 26.1. The van der Waals surface area contributed by atoms with E-state index in [-0.39, 0.29) is 12.0 Å². The van der Waals surface area contributed by atoms with Crippen LogP contribution in [0.4, 0.5) is 28.8 Å². The van der Waals surface area contributed by atoms with Gasteiger partial charge in [0, 0.05) is 62.6 Å². The van der Waals surface area contributed by atoms with Crippen molar-refractivity contribution in [2.75, 3.05) is 55.8 Å². The maximum Gasteiger partial charge on any atom is 0.256 e. The summed E-state index contributed by atoms with van der Waals surface area (Å²) in [5.74, 6) is 1.25. The van der Waals surface area contributed by atoms with Crippen LogP contribution in [0.25, 0.3) is 0 Å². The molecule has 1 saturated heterocycles. The molecule has 0 unspecified atom stereocenters. The molecule has 0 radical (unpaired) electrons. The molecule has 0 saturated carbocycles. The summed E-state index contributed by atoms with van der Waals surface area (Å²) in [6, 6.07) is 15.8. The third-order valence-electron chi connectivity index (χ3n) is 5.72.